The number of nitrogens with zero attached hydrogens (tertiary/aromatic N) is 2. The molecule has 0 saturated heterocycles. The first-order valence-corrected chi connectivity index (χ1v) is 10.9. The van der Waals surface area contributed by atoms with Crippen molar-refractivity contribution in [3.63, 3.8) is 0 Å². The van der Waals surface area contributed by atoms with E-state index in [0.29, 0.717) is 13.0 Å². The summed E-state index contributed by atoms with van der Waals surface area (Å²) in [6.45, 7) is 2.10. The predicted molar refractivity (Wildman–Crippen MR) is 121 cm³/mol. The number of benzene rings is 1. The Labute approximate surface area is 192 Å². The number of fused-ring (bicyclic) bond motifs is 6. The van der Waals surface area contributed by atoms with Gasteiger partial charge in [0.2, 0.25) is 0 Å². The number of methoxy groups -OCH3 is 2. The fourth-order valence-corrected chi connectivity index (χ4v) is 5.18. The van der Waals surface area contributed by atoms with E-state index < -0.39 is 11.9 Å². The molecular formula is C25H28N2O6. The van der Waals surface area contributed by atoms with Gasteiger partial charge >= 0.3 is 17.9 Å². The Morgan fingerprint density at radius 1 is 1.15 bits per heavy atom. The molecule has 2 aromatic rings. The number of ether oxygens (including phenoxy) is 3. The van der Waals surface area contributed by atoms with Crippen molar-refractivity contribution in [3.05, 3.63) is 59.4 Å². The lowest BCUT2D eigenvalue weighted by Gasteiger charge is -2.45. The number of rotatable bonds is 6. The lowest BCUT2D eigenvalue weighted by Crippen LogP contribution is -2.42. The number of carbonyl (C=O) groups is 3. The van der Waals surface area contributed by atoms with Crippen LogP contribution in [-0.2, 0) is 35.6 Å². The first-order chi connectivity index (χ1) is 15.9. The zero-order valence-corrected chi connectivity index (χ0v) is 19.2. The van der Waals surface area contributed by atoms with Crippen LogP contribution in [0.15, 0.2) is 48.2 Å². The second kappa shape index (κ2) is 9.13. The average Bonchev–Trinajstić information content (AvgIpc) is 3.11. The molecule has 174 valence electrons. The van der Waals surface area contributed by atoms with Crippen LogP contribution >= 0.6 is 0 Å². The predicted octanol–water partition coefficient (Wildman–Crippen LogP) is 2.99. The summed E-state index contributed by atoms with van der Waals surface area (Å²) in [5.41, 5.74) is 3.87. The molecule has 8 heteroatoms. The zero-order valence-electron chi connectivity index (χ0n) is 19.2. The summed E-state index contributed by atoms with van der Waals surface area (Å²) in [7, 11) is 4.74. The summed E-state index contributed by atoms with van der Waals surface area (Å²) in [4.78, 5) is 38.4. The average molecular weight is 453 g/mol. The molecule has 2 aliphatic rings. The lowest BCUT2D eigenvalue weighted by atomic mass is 9.69. The van der Waals surface area contributed by atoms with E-state index in [1.54, 1.807) is 6.08 Å². The standard InChI is InChI=1S/C25H28N2O6/c1-15(28)33-12-11-27-14-16(9-10-21(29)31-3)18-13-20(27)24-22(23(18)25(30)32-4)17-7-5-6-8-19(17)26(24)2/h5-10,14,18,20,23H,11-13H2,1-4H3/b10-9+/t18-,20-,23-/m0/s1. The summed E-state index contributed by atoms with van der Waals surface area (Å²) < 4.78 is 17.4. The maximum absolute atomic E-state index is 13.1. The van der Waals surface area contributed by atoms with Crippen molar-refractivity contribution in [3.8, 4) is 0 Å². The van der Waals surface area contributed by atoms with E-state index >= 15 is 0 Å². The third-order valence-electron chi connectivity index (χ3n) is 6.57. The number of para-hydroxylation sites is 1. The molecule has 2 bridgehead atoms. The highest BCUT2D eigenvalue weighted by atomic mass is 16.5. The summed E-state index contributed by atoms with van der Waals surface area (Å²) in [5.74, 6) is -1.79. The van der Waals surface area contributed by atoms with E-state index in [-0.39, 0.29) is 30.5 Å². The van der Waals surface area contributed by atoms with E-state index in [4.69, 9.17) is 14.2 Å². The molecule has 8 nitrogen and oxygen atoms in total. The highest BCUT2D eigenvalue weighted by Gasteiger charge is 2.47. The summed E-state index contributed by atoms with van der Waals surface area (Å²) in [6, 6.07) is 8.00. The van der Waals surface area contributed by atoms with Gasteiger partial charge in [-0.25, -0.2) is 4.79 Å². The molecule has 0 N–H and O–H groups in total. The van der Waals surface area contributed by atoms with E-state index in [0.717, 1.165) is 27.7 Å². The quantitative estimate of drug-likeness (QED) is 0.378. The van der Waals surface area contributed by atoms with Gasteiger partial charge in [0, 0.05) is 48.8 Å². The van der Waals surface area contributed by atoms with Crippen molar-refractivity contribution in [1.82, 2.24) is 9.47 Å². The minimum atomic E-state index is -0.503. The third-order valence-corrected chi connectivity index (χ3v) is 6.57. The molecule has 1 aromatic carbocycles. The number of allylic oxidation sites excluding steroid dienone is 2. The monoisotopic (exact) mass is 452 g/mol. The van der Waals surface area contributed by atoms with Crippen LogP contribution in [0.5, 0.6) is 0 Å². The Morgan fingerprint density at radius 3 is 2.61 bits per heavy atom. The van der Waals surface area contributed by atoms with Crippen LogP contribution in [0.1, 0.15) is 36.6 Å². The molecule has 2 heterocycles. The van der Waals surface area contributed by atoms with Crippen LogP contribution in [-0.4, -0.2) is 54.7 Å². The molecule has 33 heavy (non-hydrogen) atoms. The Morgan fingerprint density at radius 2 is 1.91 bits per heavy atom. The second-order valence-corrected chi connectivity index (χ2v) is 8.30. The summed E-state index contributed by atoms with van der Waals surface area (Å²) in [5, 5.41) is 1.01. The van der Waals surface area contributed by atoms with Crippen LogP contribution in [0.4, 0.5) is 0 Å². The van der Waals surface area contributed by atoms with Gasteiger partial charge in [-0.15, -0.1) is 0 Å². The second-order valence-electron chi connectivity index (χ2n) is 8.30. The Bertz CT molecular complexity index is 1160. The van der Waals surface area contributed by atoms with Gasteiger partial charge < -0.3 is 23.7 Å². The SMILES string of the molecule is COC(=O)/C=C/C1=CN(CCOC(C)=O)[C@H]2C[C@@H]1[C@H](C(=O)OC)c1c2n(C)c2ccccc12. The summed E-state index contributed by atoms with van der Waals surface area (Å²) >= 11 is 0. The largest absolute Gasteiger partial charge is 0.469 e. The maximum atomic E-state index is 13.1. The fourth-order valence-electron chi connectivity index (χ4n) is 5.18. The van der Waals surface area contributed by atoms with E-state index in [1.165, 1.54) is 27.2 Å². The first-order valence-electron chi connectivity index (χ1n) is 10.9. The maximum Gasteiger partial charge on any atom is 0.330 e. The smallest absolute Gasteiger partial charge is 0.330 e. The van der Waals surface area contributed by atoms with Crippen molar-refractivity contribution < 1.29 is 28.6 Å². The van der Waals surface area contributed by atoms with Gasteiger partial charge in [-0.05, 0) is 23.6 Å². The fraction of sp³-hybridized carbons (Fsp3) is 0.400. The first kappa shape index (κ1) is 22.6. The van der Waals surface area contributed by atoms with Gasteiger partial charge in [-0.2, -0.15) is 0 Å². The van der Waals surface area contributed by atoms with Crippen molar-refractivity contribution in [2.45, 2.75) is 25.3 Å². The molecule has 0 fully saturated rings. The molecule has 0 saturated carbocycles. The molecule has 0 amide bonds. The van der Waals surface area contributed by atoms with Gasteiger partial charge in [0.15, 0.2) is 0 Å². The van der Waals surface area contributed by atoms with E-state index in [1.807, 2.05) is 37.5 Å². The number of aryl methyl sites for hydroxylation is 1. The molecule has 1 aliphatic carbocycles. The number of esters is 3. The molecule has 1 aromatic heterocycles. The van der Waals surface area contributed by atoms with Crippen LogP contribution in [0.25, 0.3) is 10.9 Å². The Kier molecular flexibility index (Phi) is 6.26. The van der Waals surface area contributed by atoms with Crippen LogP contribution in [0.3, 0.4) is 0 Å². The van der Waals surface area contributed by atoms with Gasteiger partial charge in [0.1, 0.15) is 6.61 Å². The Hall–Kier alpha value is -3.55. The molecule has 4 rings (SSSR count). The van der Waals surface area contributed by atoms with Gasteiger partial charge in [-0.1, -0.05) is 24.3 Å². The molecular weight excluding hydrogens is 424 g/mol. The topological polar surface area (TPSA) is 87.1 Å². The number of carbonyl (C=O) groups excluding carboxylic acids is 3. The van der Waals surface area contributed by atoms with Gasteiger partial charge in [0.05, 0.1) is 32.7 Å². The minimum Gasteiger partial charge on any atom is -0.469 e. The van der Waals surface area contributed by atoms with E-state index in [2.05, 4.69) is 9.47 Å². The normalized spacial score (nSPS) is 21.5. The zero-order chi connectivity index (χ0) is 23.7. The van der Waals surface area contributed by atoms with Crippen molar-refractivity contribution in [2.75, 3.05) is 27.4 Å². The number of hydrogen-bond acceptors (Lipinski definition) is 7. The van der Waals surface area contributed by atoms with Crippen molar-refractivity contribution in [2.24, 2.45) is 13.0 Å². The number of hydrogen-bond donors (Lipinski definition) is 0. The molecule has 1 aliphatic heterocycles. The molecule has 3 atom stereocenters. The minimum absolute atomic E-state index is 0.0193. The van der Waals surface area contributed by atoms with Gasteiger partial charge in [-0.3, -0.25) is 9.59 Å². The van der Waals surface area contributed by atoms with Crippen molar-refractivity contribution in [1.29, 1.82) is 0 Å². The molecule has 0 unspecified atom stereocenters. The third kappa shape index (κ3) is 4.01. The Balaban J connectivity index is 1.87. The number of aromatic nitrogens is 1. The lowest BCUT2D eigenvalue weighted by molar-refractivity contribution is -0.144. The van der Waals surface area contributed by atoms with Gasteiger partial charge in [0.25, 0.3) is 0 Å². The van der Waals surface area contributed by atoms with Crippen LogP contribution in [0.2, 0.25) is 0 Å². The van der Waals surface area contributed by atoms with Crippen LogP contribution < -0.4 is 0 Å². The highest BCUT2D eigenvalue weighted by molar-refractivity contribution is 5.93. The van der Waals surface area contributed by atoms with Crippen LogP contribution in [0, 0.1) is 5.92 Å². The highest BCUT2D eigenvalue weighted by Crippen LogP contribution is 2.53. The molecule has 0 radical (unpaired) electrons. The van der Waals surface area contributed by atoms with Crippen molar-refractivity contribution >= 4 is 28.8 Å². The molecule has 0 spiro atoms. The summed E-state index contributed by atoms with van der Waals surface area (Å²) in [6.07, 6.45) is 5.69. The van der Waals surface area contributed by atoms with E-state index in [9.17, 15) is 14.4 Å².